The fourth-order valence-corrected chi connectivity index (χ4v) is 11.7. The molecule has 5 aliphatic rings. The van der Waals surface area contributed by atoms with Crippen molar-refractivity contribution < 1.29 is 10.2 Å². The van der Waals surface area contributed by atoms with Crippen LogP contribution in [0.15, 0.2) is 0 Å². The SMILES string of the molecule is CC(C)(O)[C@@H]1CC[C@]2(C)CC[C@]3(C)[C@H](CCC4[C@@]5(C)CC[C@H](O)C(C)(C)C5CC[C@]43C)C12. The van der Waals surface area contributed by atoms with E-state index in [1.165, 1.54) is 57.8 Å². The molecule has 0 aliphatic heterocycles. The van der Waals surface area contributed by atoms with E-state index in [4.69, 9.17) is 0 Å². The minimum absolute atomic E-state index is 0.0364. The smallest absolute Gasteiger partial charge is 0.0622 e. The van der Waals surface area contributed by atoms with Gasteiger partial charge in [0, 0.05) is 0 Å². The monoisotopic (exact) mass is 444 g/mol. The molecule has 2 N–H and O–H groups in total. The first kappa shape index (κ1) is 23.7. The van der Waals surface area contributed by atoms with Gasteiger partial charge in [-0.25, -0.2) is 0 Å². The zero-order valence-corrected chi connectivity index (χ0v) is 22.4. The van der Waals surface area contributed by atoms with Crippen LogP contribution in [0.1, 0.15) is 120 Å². The van der Waals surface area contributed by atoms with Crippen molar-refractivity contribution in [3.63, 3.8) is 0 Å². The van der Waals surface area contributed by atoms with Gasteiger partial charge in [-0.2, -0.15) is 0 Å². The van der Waals surface area contributed by atoms with Crippen molar-refractivity contribution in [2.45, 2.75) is 131 Å². The first-order chi connectivity index (χ1) is 14.6. The fourth-order valence-electron chi connectivity index (χ4n) is 11.7. The van der Waals surface area contributed by atoms with Crippen molar-refractivity contribution in [2.24, 2.45) is 56.7 Å². The van der Waals surface area contributed by atoms with Crippen molar-refractivity contribution >= 4 is 0 Å². The molecule has 0 aromatic rings. The second-order valence-electron chi connectivity index (χ2n) is 15.5. The van der Waals surface area contributed by atoms with E-state index in [1.807, 2.05) is 0 Å². The van der Waals surface area contributed by atoms with Crippen LogP contribution in [0.5, 0.6) is 0 Å². The number of rotatable bonds is 1. The number of aliphatic hydroxyl groups excluding tert-OH is 1. The standard InChI is InChI=1S/C30H52O2/c1-25(2)21-12-16-30(8)22(28(21,6)15-13-23(25)31)10-9-20-24-19(26(3,4)32)11-14-27(24,5)17-18-29(20,30)7/h19-24,31-32H,9-18H2,1-8H3/t19-,20-,21?,22?,23+,24?,27-,28+,29-,30-/m1/s1. The molecule has 5 fully saturated rings. The predicted octanol–water partition coefficient (Wildman–Crippen LogP) is 7.22. The van der Waals surface area contributed by atoms with Gasteiger partial charge in [-0.15, -0.1) is 0 Å². The minimum Gasteiger partial charge on any atom is -0.393 e. The lowest BCUT2D eigenvalue weighted by Gasteiger charge is -2.73. The molecule has 0 amide bonds. The highest BCUT2D eigenvalue weighted by Crippen LogP contribution is 2.77. The van der Waals surface area contributed by atoms with Gasteiger partial charge in [-0.3, -0.25) is 0 Å². The van der Waals surface area contributed by atoms with E-state index in [2.05, 4.69) is 55.4 Å². The largest absolute Gasteiger partial charge is 0.393 e. The highest BCUT2D eigenvalue weighted by Gasteiger charge is 2.70. The van der Waals surface area contributed by atoms with E-state index in [1.54, 1.807) is 0 Å². The molecule has 0 heterocycles. The summed E-state index contributed by atoms with van der Waals surface area (Å²) in [6.45, 7) is 19.5. The topological polar surface area (TPSA) is 40.5 Å². The number of fused-ring (bicyclic) bond motifs is 7. The Labute approximate surface area is 198 Å². The van der Waals surface area contributed by atoms with Gasteiger partial charge in [0.25, 0.3) is 0 Å². The van der Waals surface area contributed by atoms with Crippen LogP contribution in [0.25, 0.3) is 0 Å². The van der Waals surface area contributed by atoms with Crippen LogP contribution >= 0.6 is 0 Å². The summed E-state index contributed by atoms with van der Waals surface area (Å²) in [6, 6.07) is 0. The summed E-state index contributed by atoms with van der Waals surface area (Å²) in [5, 5.41) is 22.1. The van der Waals surface area contributed by atoms with Crippen molar-refractivity contribution in [1.29, 1.82) is 0 Å². The van der Waals surface area contributed by atoms with Crippen molar-refractivity contribution in [1.82, 2.24) is 0 Å². The second kappa shape index (κ2) is 6.77. The maximum Gasteiger partial charge on any atom is 0.0622 e. The molecule has 0 aromatic carbocycles. The van der Waals surface area contributed by atoms with Crippen LogP contribution in [0.3, 0.4) is 0 Å². The summed E-state index contributed by atoms with van der Waals surface area (Å²) in [5.74, 6) is 3.29. The molecule has 0 aromatic heterocycles. The molecule has 5 aliphatic carbocycles. The zero-order valence-electron chi connectivity index (χ0n) is 22.4. The zero-order chi connectivity index (χ0) is 23.5. The molecular weight excluding hydrogens is 392 g/mol. The molecule has 2 nitrogen and oxygen atoms in total. The molecule has 184 valence electrons. The third kappa shape index (κ3) is 2.78. The summed E-state index contributed by atoms with van der Waals surface area (Å²) in [7, 11) is 0. The number of hydrogen-bond donors (Lipinski definition) is 2. The van der Waals surface area contributed by atoms with Gasteiger partial charge in [0.2, 0.25) is 0 Å². The van der Waals surface area contributed by atoms with E-state index in [-0.39, 0.29) is 11.5 Å². The van der Waals surface area contributed by atoms with E-state index in [0.717, 1.165) is 18.3 Å². The Hall–Kier alpha value is -0.0800. The van der Waals surface area contributed by atoms with Crippen molar-refractivity contribution in [3.8, 4) is 0 Å². The third-order valence-corrected chi connectivity index (χ3v) is 13.7. The van der Waals surface area contributed by atoms with Crippen LogP contribution in [0.4, 0.5) is 0 Å². The van der Waals surface area contributed by atoms with Crippen LogP contribution < -0.4 is 0 Å². The first-order valence-electron chi connectivity index (χ1n) is 14.0. The van der Waals surface area contributed by atoms with Gasteiger partial charge in [-0.1, -0.05) is 41.5 Å². The van der Waals surface area contributed by atoms with E-state index in [0.29, 0.717) is 39.4 Å². The van der Waals surface area contributed by atoms with Gasteiger partial charge in [0.1, 0.15) is 0 Å². The molecule has 0 bridgehead atoms. The van der Waals surface area contributed by atoms with E-state index >= 15 is 0 Å². The Morgan fingerprint density at radius 3 is 2.03 bits per heavy atom. The molecule has 2 heteroatoms. The fraction of sp³-hybridized carbons (Fsp3) is 1.00. The molecule has 10 atom stereocenters. The Morgan fingerprint density at radius 2 is 1.38 bits per heavy atom. The second-order valence-corrected chi connectivity index (χ2v) is 15.5. The Balaban J connectivity index is 1.54. The average Bonchev–Trinajstić information content (AvgIpc) is 3.04. The molecule has 0 radical (unpaired) electrons. The van der Waals surface area contributed by atoms with Crippen LogP contribution in [0, 0.1) is 56.7 Å². The highest BCUT2D eigenvalue weighted by atomic mass is 16.3. The van der Waals surface area contributed by atoms with Gasteiger partial charge < -0.3 is 10.2 Å². The molecule has 3 unspecified atom stereocenters. The van der Waals surface area contributed by atoms with Gasteiger partial charge in [0.15, 0.2) is 0 Å². The Morgan fingerprint density at radius 1 is 0.688 bits per heavy atom. The van der Waals surface area contributed by atoms with Crippen molar-refractivity contribution in [2.75, 3.05) is 0 Å². The molecule has 0 saturated heterocycles. The quantitative estimate of drug-likeness (QED) is 0.448. The summed E-state index contributed by atoms with van der Waals surface area (Å²) < 4.78 is 0. The lowest BCUT2D eigenvalue weighted by Crippen LogP contribution is -2.66. The lowest BCUT2D eigenvalue weighted by atomic mass is 9.32. The maximum atomic E-state index is 11.2. The first-order valence-corrected chi connectivity index (χ1v) is 14.0. The molecule has 5 rings (SSSR count). The van der Waals surface area contributed by atoms with Crippen molar-refractivity contribution in [3.05, 3.63) is 0 Å². The van der Waals surface area contributed by atoms with Gasteiger partial charge in [-0.05, 0) is 135 Å². The molecule has 5 saturated carbocycles. The number of aliphatic hydroxyl groups is 2. The highest BCUT2D eigenvalue weighted by molar-refractivity contribution is 5.19. The van der Waals surface area contributed by atoms with Gasteiger partial charge in [0.05, 0.1) is 11.7 Å². The van der Waals surface area contributed by atoms with Gasteiger partial charge >= 0.3 is 0 Å². The minimum atomic E-state index is -0.564. The normalized spacial score (nSPS) is 57.2. The summed E-state index contributed by atoms with van der Waals surface area (Å²) in [4.78, 5) is 0. The molecular formula is C30H52O2. The molecule has 0 spiro atoms. The number of hydrogen-bond acceptors (Lipinski definition) is 2. The van der Waals surface area contributed by atoms with E-state index in [9.17, 15) is 10.2 Å². The van der Waals surface area contributed by atoms with Crippen LogP contribution in [0.2, 0.25) is 0 Å². The molecule has 32 heavy (non-hydrogen) atoms. The predicted molar refractivity (Wildman–Crippen MR) is 132 cm³/mol. The summed E-state index contributed by atoms with van der Waals surface area (Å²) >= 11 is 0. The Kier molecular flexibility index (Phi) is 5.01. The van der Waals surface area contributed by atoms with E-state index < -0.39 is 5.60 Å². The van der Waals surface area contributed by atoms with Crippen LogP contribution in [-0.4, -0.2) is 21.9 Å². The lowest BCUT2D eigenvalue weighted by molar-refractivity contribution is -0.250. The maximum absolute atomic E-state index is 11.2. The summed E-state index contributed by atoms with van der Waals surface area (Å²) in [6.07, 6.45) is 12.6. The van der Waals surface area contributed by atoms with Crippen LogP contribution in [-0.2, 0) is 0 Å². The summed E-state index contributed by atoms with van der Waals surface area (Å²) in [5.41, 5.74) is 1.02. The average molecular weight is 445 g/mol. The Bertz CT molecular complexity index is 765. The third-order valence-electron chi connectivity index (χ3n) is 13.7.